The van der Waals surface area contributed by atoms with E-state index in [4.69, 9.17) is 0 Å². The maximum Gasteiger partial charge on any atom is 0.229 e. The molecule has 0 aromatic carbocycles. The number of nitrogens with one attached hydrogen (secondary N) is 1. The summed E-state index contributed by atoms with van der Waals surface area (Å²) in [5.74, 6) is 0.640. The summed E-state index contributed by atoms with van der Waals surface area (Å²) >= 11 is 0. The van der Waals surface area contributed by atoms with Gasteiger partial charge in [-0.05, 0) is 43.5 Å². The molecule has 2 unspecified atom stereocenters. The molecule has 10 heteroatoms. The van der Waals surface area contributed by atoms with Crippen LogP contribution < -0.4 is 5.32 Å². The highest BCUT2D eigenvalue weighted by atomic mass is 19.1. The van der Waals surface area contributed by atoms with E-state index in [1.165, 1.54) is 24.6 Å². The molecule has 2 aliphatic heterocycles. The van der Waals surface area contributed by atoms with Crippen LogP contribution in [0.3, 0.4) is 0 Å². The lowest BCUT2D eigenvalue weighted by Gasteiger charge is -2.39. The lowest BCUT2D eigenvalue weighted by Crippen LogP contribution is -2.51. The minimum atomic E-state index is -0.508. The van der Waals surface area contributed by atoms with Gasteiger partial charge in [-0.25, -0.2) is 24.3 Å². The summed E-state index contributed by atoms with van der Waals surface area (Å²) < 4.78 is 16.6. The Kier molecular flexibility index (Phi) is 6.08. The van der Waals surface area contributed by atoms with Crippen LogP contribution in [-0.2, 0) is 13.6 Å². The van der Waals surface area contributed by atoms with E-state index in [0.717, 1.165) is 30.7 Å². The molecule has 0 spiro atoms. The maximum absolute atomic E-state index is 14.8. The Hall–Kier alpha value is -3.50. The molecule has 2 fully saturated rings. The molecule has 1 N–H and O–H groups in total. The van der Waals surface area contributed by atoms with Crippen LogP contribution in [-0.4, -0.2) is 71.7 Å². The summed E-state index contributed by atoms with van der Waals surface area (Å²) in [5.41, 5.74) is 3.63. The Morgan fingerprint density at radius 2 is 1.81 bits per heavy atom. The predicted molar refractivity (Wildman–Crippen MR) is 141 cm³/mol. The molecule has 192 valence electrons. The van der Waals surface area contributed by atoms with Gasteiger partial charge in [-0.2, -0.15) is 5.10 Å². The second kappa shape index (κ2) is 9.42. The second-order valence-corrected chi connectivity index (χ2v) is 10.6. The van der Waals surface area contributed by atoms with Gasteiger partial charge in [-0.1, -0.05) is 19.9 Å². The Balaban J connectivity index is 1.20. The van der Waals surface area contributed by atoms with Gasteiger partial charge in [0.25, 0.3) is 0 Å². The molecular formula is C27H32FN9. The number of hydrogen-bond acceptors (Lipinski definition) is 8. The number of aryl methyl sites for hydroxylation is 1. The summed E-state index contributed by atoms with van der Waals surface area (Å²) in [5, 5.41) is 8.50. The molecule has 2 saturated heterocycles. The number of pyridine rings is 2. The molecule has 9 nitrogen and oxygen atoms in total. The van der Waals surface area contributed by atoms with Crippen molar-refractivity contribution in [2.75, 3.05) is 25.5 Å². The summed E-state index contributed by atoms with van der Waals surface area (Å²) in [6, 6.07) is 7.18. The summed E-state index contributed by atoms with van der Waals surface area (Å²) in [6.45, 7) is 7.38. The Morgan fingerprint density at radius 3 is 2.51 bits per heavy atom. The first-order valence-electron chi connectivity index (χ1n) is 12.9. The molecule has 0 saturated carbocycles. The zero-order chi connectivity index (χ0) is 25.7. The highest BCUT2D eigenvalue weighted by Gasteiger charge is 2.38. The van der Waals surface area contributed by atoms with Crippen molar-refractivity contribution in [2.45, 2.75) is 51.2 Å². The Bertz CT molecular complexity index is 1420. The summed E-state index contributed by atoms with van der Waals surface area (Å²) in [6.07, 6.45) is 7.23. The third-order valence-electron chi connectivity index (χ3n) is 7.55. The molecule has 2 aliphatic rings. The van der Waals surface area contributed by atoms with Crippen LogP contribution in [0, 0.1) is 5.82 Å². The number of likely N-dealkylation sites (N-methyl/N-ethyl adjacent to an activating group) is 1. The first-order chi connectivity index (χ1) is 17.9. The third-order valence-corrected chi connectivity index (χ3v) is 7.55. The number of likely N-dealkylation sites (tertiary alicyclic amines) is 1. The molecule has 4 aromatic rings. The largest absolute Gasteiger partial charge is 0.309 e. The molecule has 6 rings (SSSR count). The minimum Gasteiger partial charge on any atom is -0.309 e. The monoisotopic (exact) mass is 501 g/mol. The Labute approximate surface area is 215 Å². The summed E-state index contributed by atoms with van der Waals surface area (Å²) in [4.78, 5) is 22.7. The maximum atomic E-state index is 14.8. The van der Waals surface area contributed by atoms with E-state index in [1.54, 1.807) is 6.20 Å². The topological polar surface area (TPSA) is 87.9 Å². The first-order valence-corrected chi connectivity index (χ1v) is 12.9. The fourth-order valence-corrected chi connectivity index (χ4v) is 5.92. The molecule has 4 aromatic heterocycles. The van der Waals surface area contributed by atoms with E-state index in [2.05, 4.69) is 67.1 Å². The van der Waals surface area contributed by atoms with Crippen molar-refractivity contribution < 1.29 is 4.39 Å². The highest BCUT2D eigenvalue weighted by Crippen LogP contribution is 2.31. The quantitative estimate of drug-likeness (QED) is 0.423. The van der Waals surface area contributed by atoms with Gasteiger partial charge in [0.05, 0.1) is 11.9 Å². The van der Waals surface area contributed by atoms with Crippen molar-refractivity contribution in [3.8, 4) is 11.3 Å². The van der Waals surface area contributed by atoms with Gasteiger partial charge in [-0.15, -0.1) is 0 Å². The number of fused-ring (bicyclic) bond motifs is 3. The lowest BCUT2D eigenvalue weighted by atomic mass is 10.1. The zero-order valence-corrected chi connectivity index (χ0v) is 21.7. The van der Waals surface area contributed by atoms with Crippen molar-refractivity contribution in [3.63, 3.8) is 0 Å². The van der Waals surface area contributed by atoms with Gasteiger partial charge >= 0.3 is 0 Å². The zero-order valence-electron chi connectivity index (χ0n) is 21.7. The van der Waals surface area contributed by atoms with Crippen molar-refractivity contribution in [1.29, 1.82) is 0 Å². The fraction of sp³-hybridized carbons (Fsp3) is 0.444. The minimum absolute atomic E-state index is 0.188. The van der Waals surface area contributed by atoms with Crippen LogP contribution in [0.25, 0.3) is 22.3 Å². The van der Waals surface area contributed by atoms with Crippen LogP contribution in [0.1, 0.15) is 43.9 Å². The average molecular weight is 502 g/mol. The van der Waals surface area contributed by atoms with Crippen molar-refractivity contribution in [3.05, 3.63) is 53.9 Å². The highest BCUT2D eigenvalue weighted by molar-refractivity contribution is 5.83. The van der Waals surface area contributed by atoms with Gasteiger partial charge in [0, 0.05) is 62.1 Å². The van der Waals surface area contributed by atoms with E-state index in [-0.39, 0.29) is 17.6 Å². The molecule has 2 atom stereocenters. The van der Waals surface area contributed by atoms with E-state index in [0.29, 0.717) is 29.1 Å². The van der Waals surface area contributed by atoms with Gasteiger partial charge < -0.3 is 10.2 Å². The smallest absolute Gasteiger partial charge is 0.229 e. The number of rotatable bonds is 6. The standard InChI is InChI=1S/C27H32FN9/c1-16(2)25-21-9-18(11-30-26(21)34-36(25)4)24-22(28)12-31-27(33-24)32-23-8-5-17(10-29-23)13-37-19-6-7-20(37)15-35(3)14-19/h5,8-12,16,19-20H,6-7,13-15H2,1-4H3,(H,29,31,32,33). The average Bonchev–Trinajstić information content (AvgIpc) is 3.32. The molecule has 0 aliphatic carbocycles. The molecular weight excluding hydrogens is 469 g/mol. The molecule has 0 amide bonds. The third kappa shape index (κ3) is 4.55. The number of halogens is 1. The van der Waals surface area contributed by atoms with E-state index >= 15 is 0 Å². The van der Waals surface area contributed by atoms with E-state index < -0.39 is 5.82 Å². The van der Waals surface area contributed by atoms with Gasteiger partial charge in [0.1, 0.15) is 11.5 Å². The Morgan fingerprint density at radius 1 is 1.03 bits per heavy atom. The predicted octanol–water partition coefficient (Wildman–Crippen LogP) is 4.10. The fourth-order valence-electron chi connectivity index (χ4n) is 5.92. The normalized spacial score (nSPS) is 20.3. The molecule has 6 heterocycles. The number of hydrogen-bond donors (Lipinski definition) is 1. The number of nitrogens with zero attached hydrogens (tertiary/aromatic N) is 8. The molecule has 0 radical (unpaired) electrons. The number of aromatic nitrogens is 6. The molecule has 2 bridgehead atoms. The van der Waals surface area contributed by atoms with Gasteiger partial charge in [0.15, 0.2) is 11.5 Å². The van der Waals surface area contributed by atoms with Crippen molar-refractivity contribution in [2.24, 2.45) is 7.05 Å². The van der Waals surface area contributed by atoms with E-state index in [9.17, 15) is 4.39 Å². The summed E-state index contributed by atoms with van der Waals surface area (Å²) in [7, 11) is 4.11. The van der Waals surface area contributed by atoms with Crippen LogP contribution in [0.4, 0.5) is 16.2 Å². The molecule has 37 heavy (non-hydrogen) atoms. The van der Waals surface area contributed by atoms with Crippen LogP contribution in [0.5, 0.6) is 0 Å². The van der Waals surface area contributed by atoms with Crippen molar-refractivity contribution >= 4 is 22.8 Å². The lowest BCUT2D eigenvalue weighted by molar-refractivity contribution is 0.0759. The van der Waals surface area contributed by atoms with E-state index in [1.807, 2.05) is 30.1 Å². The van der Waals surface area contributed by atoms with Gasteiger partial charge in [-0.3, -0.25) is 9.58 Å². The number of anilines is 2. The van der Waals surface area contributed by atoms with Crippen LogP contribution in [0.2, 0.25) is 0 Å². The van der Waals surface area contributed by atoms with Crippen LogP contribution in [0.15, 0.2) is 36.8 Å². The van der Waals surface area contributed by atoms with Crippen LogP contribution >= 0.6 is 0 Å². The second-order valence-electron chi connectivity index (χ2n) is 10.6. The van der Waals surface area contributed by atoms with Gasteiger partial charge in [0.2, 0.25) is 5.95 Å². The first kappa shape index (κ1) is 23.9. The van der Waals surface area contributed by atoms with Crippen molar-refractivity contribution in [1.82, 2.24) is 39.5 Å². The number of piperazine rings is 1. The SMILES string of the molecule is CC(C)c1c2cc(-c3nc(Nc4ccc(CN5C6CCC5CN(C)C6)cn4)ncc3F)cnc2nn1C.